The lowest BCUT2D eigenvalue weighted by molar-refractivity contribution is 0.221. The van der Waals surface area contributed by atoms with Crippen molar-refractivity contribution in [3.63, 3.8) is 0 Å². The Bertz CT molecular complexity index is 61.2. The van der Waals surface area contributed by atoms with Crippen LogP contribution in [-0.2, 0) is 0 Å². The maximum absolute atomic E-state index is 10.9. The van der Waals surface area contributed by atoms with Crippen molar-refractivity contribution in [3.8, 4) is 0 Å². The largest absolute Gasteiger partial charge is 0.340 e. The highest BCUT2D eigenvalue weighted by molar-refractivity contribution is 8.43. The summed E-state index contributed by atoms with van der Waals surface area (Å²) in [5.74, 6) is -3.24. The van der Waals surface area contributed by atoms with Gasteiger partial charge in [-0.1, -0.05) is 9.80 Å². The van der Waals surface area contributed by atoms with Crippen molar-refractivity contribution in [2.45, 2.75) is 5.76 Å². The Balaban J connectivity index is 3.54. The van der Waals surface area contributed by atoms with Crippen LogP contribution in [0, 0.1) is 0 Å². The number of hydrogen-bond acceptors (Lipinski definition) is 2. The lowest BCUT2D eigenvalue weighted by Crippen LogP contribution is -1.98. The molecule has 0 aliphatic heterocycles. The molecule has 2 nitrogen and oxygen atoms in total. The minimum absolute atomic E-state index is 3.24. The van der Waals surface area contributed by atoms with Crippen molar-refractivity contribution >= 4 is 20.5 Å². The summed E-state index contributed by atoms with van der Waals surface area (Å²) >= 11 is 0. The molecule has 0 fully saturated rings. The second kappa shape index (κ2) is 2.13. The van der Waals surface area contributed by atoms with E-state index < -0.39 is 15.6 Å². The molecule has 2 N–H and O–H groups in total. The molecule has 7 heavy (non-hydrogen) atoms. The molecule has 0 aromatic carbocycles. The first-order chi connectivity index (χ1) is 2.94. The van der Waals surface area contributed by atoms with Crippen molar-refractivity contribution in [3.05, 3.63) is 0 Å². The van der Waals surface area contributed by atoms with Gasteiger partial charge in [-0.05, 0) is 0 Å². The Hall–Kier alpha value is 0.420. The van der Waals surface area contributed by atoms with Crippen LogP contribution in [0.25, 0.3) is 0 Å². The molecule has 0 rings (SSSR count). The molecule has 0 saturated heterocycles. The maximum atomic E-state index is 10.9. The van der Waals surface area contributed by atoms with Crippen molar-refractivity contribution in [2.24, 2.45) is 0 Å². The predicted octanol–water partition coefficient (Wildman–Crippen LogP) is 2.11. The molecule has 0 spiro atoms. The van der Waals surface area contributed by atoms with Crippen LogP contribution in [0.3, 0.4) is 0 Å². The first-order valence-corrected chi connectivity index (χ1v) is 3.63. The third-order valence-corrected chi connectivity index (χ3v) is 1.08. The zero-order valence-corrected chi connectivity index (χ0v) is 4.59. The molecule has 0 radical (unpaired) electrons. The summed E-state index contributed by atoms with van der Waals surface area (Å²) in [7, 11) is 0.211. The van der Waals surface area contributed by atoms with Crippen LogP contribution in [0.15, 0.2) is 0 Å². The van der Waals surface area contributed by atoms with E-state index in [-0.39, 0.29) is 0 Å². The van der Waals surface area contributed by atoms with Gasteiger partial charge >= 0.3 is 5.76 Å². The van der Waals surface area contributed by atoms with Gasteiger partial charge in [-0.3, -0.25) is 9.11 Å². The van der Waals surface area contributed by atoms with Gasteiger partial charge in [-0.25, -0.2) is 0 Å². The Kier molecular flexibility index (Phi) is 2.25. The lowest BCUT2D eigenvalue weighted by Gasteiger charge is -2.19. The highest BCUT2D eigenvalue weighted by atomic mass is 35.7. The van der Waals surface area contributed by atoms with Gasteiger partial charge in [-0.2, -0.15) is 8.78 Å². The molecule has 6 heteroatoms. The van der Waals surface area contributed by atoms with Crippen LogP contribution in [-0.4, -0.2) is 14.9 Å². The number of hydrogen-bond donors (Lipinski definition) is 2. The zero-order valence-electron chi connectivity index (χ0n) is 3.01. The van der Waals surface area contributed by atoms with E-state index in [1.807, 2.05) is 0 Å². The van der Waals surface area contributed by atoms with Gasteiger partial charge in [0.25, 0.3) is 0 Å². The Labute approximate surface area is 44.9 Å². The average molecular weight is 153 g/mol. The molecule has 0 saturated carbocycles. The second-order valence-electron chi connectivity index (χ2n) is 0.780. The van der Waals surface area contributed by atoms with E-state index in [9.17, 15) is 8.78 Å². The molecule has 46 valence electrons. The summed E-state index contributed by atoms with van der Waals surface area (Å²) in [6.45, 7) is 0. The minimum atomic E-state index is -4.10. The summed E-state index contributed by atoms with van der Waals surface area (Å²) in [5.41, 5.74) is 0. The molecule has 0 unspecified atom stereocenters. The molecule has 0 aliphatic rings. The first-order valence-electron chi connectivity index (χ1n) is 1.19. The molecule has 0 aromatic heterocycles. The second-order valence-corrected chi connectivity index (χ2v) is 3.54. The number of alkyl halides is 2. The summed E-state index contributed by atoms with van der Waals surface area (Å²) in [6, 6.07) is 0. The van der Waals surface area contributed by atoms with E-state index in [2.05, 4.69) is 10.7 Å². The van der Waals surface area contributed by atoms with Gasteiger partial charge < -0.3 is 0 Å². The van der Waals surface area contributed by atoms with Gasteiger partial charge in [0.15, 0.2) is 0 Å². The van der Waals surface area contributed by atoms with Crippen molar-refractivity contribution < 1.29 is 17.9 Å². The molecule has 0 aliphatic carbocycles. The van der Waals surface area contributed by atoms with Crippen molar-refractivity contribution in [2.75, 3.05) is 0 Å². The quantitative estimate of drug-likeness (QED) is 0.604. The SMILES string of the molecule is OS(O)(Cl)C(F)F. The number of rotatable bonds is 1. The monoisotopic (exact) mass is 152 g/mol. The summed E-state index contributed by atoms with van der Waals surface area (Å²) in [6.07, 6.45) is 0. The van der Waals surface area contributed by atoms with Crippen LogP contribution < -0.4 is 0 Å². The number of halogens is 3. The average Bonchev–Trinajstić information content (AvgIpc) is 1.31. The standard InChI is InChI=1S/CH3ClF2O2S/c2-7(5,6)1(3)4/h1,5-6H. The lowest BCUT2D eigenvalue weighted by atomic mass is 11.7. The fourth-order valence-corrected chi connectivity index (χ4v) is 0. The summed E-state index contributed by atoms with van der Waals surface area (Å²) in [5, 5.41) is 0. The van der Waals surface area contributed by atoms with E-state index in [1.165, 1.54) is 0 Å². The molecule has 0 aromatic rings. The van der Waals surface area contributed by atoms with Gasteiger partial charge in [0.2, 0.25) is 0 Å². The summed E-state index contributed by atoms with van der Waals surface area (Å²) in [4.78, 5) is 0. The zero-order chi connectivity index (χ0) is 6.08. The molecular formula is CH3ClF2O2S. The fourth-order valence-electron chi connectivity index (χ4n) is 0. The third kappa shape index (κ3) is 3.04. The smallest absolute Gasteiger partial charge is 0.281 e. The highest BCUT2D eigenvalue weighted by Gasteiger charge is 2.20. The fraction of sp³-hybridized carbons (Fsp3) is 1.00. The first kappa shape index (κ1) is 7.42. The van der Waals surface area contributed by atoms with Crippen LogP contribution in [0.4, 0.5) is 8.78 Å². The van der Waals surface area contributed by atoms with E-state index in [0.717, 1.165) is 0 Å². The van der Waals surface area contributed by atoms with Crippen LogP contribution in [0.1, 0.15) is 0 Å². The van der Waals surface area contributed by atoms with Gasteiger partial charge in [0.05, 0.1) is 0 Å². The Morgan fingerprint density at radius 2 is 1.57 bits per heavy atom. The molecular weight excluding hydrogens is 150 g/mol. The molecule has 0 heterocycles. The van der Waals surface area contributed by atoms with Crippen LogP contribution in [0.2, 0.25) is 0 Å². The van der Waals surface area contributed by atoms with Gasteiger partial charge in [0.1, 0.15) is 0 Å². The van der Waals surface area contributed by atoms with Gasteiger partial charge in [-0.15, -0.1) is 0 Å². The molecule has 0 atom stereocenters. The Morgan fingerprint density at radius 3 is 1.57 bits per heavy atom. The van der Waals surface area contributed by atoms with E-state index >= 15 is 0 Å². The maximum Gasteiger partial charge on any atom is 0.340 e. The molecule has 0 bridgehead atoms. The van der Waals surface area contributed by atoms with Crippen LogP contribution >= 0.6 is 20.5 Å². The van der Waals surface area contributed by atoms with E-state index in [1.54, 1.807) is 0 Å². The summed E-state index contributed by atoms with van der Waals surface area (Å²) < 4.78 is 37.4. The van der Waals surface area contributed by atoms with Gasteiger partial charge in [0, 0.05) is 10.7 Å². The highest BCUT2D eigenvalue weighted by Crippen LogP contribution is 2.50. The third-order valence-electron chi connectivity index (χ3n) is 0.227. The normalized spacial score (nSPS) is 15.1. The minimum Gasteiger partial charge on any atom is -0.281 e. The molecule has 0 amide bonds. The predicted molar refractivity (Wildman–Crippen MR) is 24.7 cm³/mol. The van der Waals surface area contributed by atoms with E-state index in [4.69, 9.17) is 9.11 Å². The van der Waals surface area contributed by atoms with Crippen molar-refractivity contribution in [1.29, 1.82) is 0 Å². The topological polar surface area (TPSA) is 40.5 Å². The Morgan fingerprint density at radius 1 is 1.43 bits per heavy atom. The van der Waals surface area contributed by atoms with Crippen molar-refractivity contribution in [1.82, 2.24) is 0 Å². The van der Waals surface area contributed by atoms with E-state index in [0.29, 0.717) is 0 Å². The van der Waals surface area contributed by atoms with Crippen LogP contribution in [0.5, 0.6) is 0 Å².